The fourth-order valence-corrected chi connectivity index (χ4v) is 1.90. The van der Waals surface area contributed by atoms with Crippen molar-refractivity contribution in [3.63, 3.8) is 0 Å². The van der Waals surface area contributed by atoms with E-state index in [4.69, 9.17) is 10.8 Å². The molecule has 1 heterocycles. The molecule has 3 N–H and O–H groups in total. The number of hydrogen-bond donors (Lipinski definition) is 2. The van der Waals surface area contributed by atoms with Crippen molar-refractivity contribution in [2.24, 2.45) is 11.7 Å². The fourth-order valence-electron chi connectivity index (χ4n) is 1.90. The molecule has 1 aliphatic rings. The van der Waals surface area contributed by atoms with Crippen LogP contribution in [0.2, 0.25) is 0 Å². The fraction of sp³-hybridized carbons (Fsp3) is 0.778. The molecule has 5 nitrogen and oxygen atoms in total. The van der Waals surface area contributed by atoms with Gasteiger partial charge < -0.3 is 15.7 Å². The van der Waals surface area contributed by atoms with E-state index in [9.17, 15) is 9.59 Å². The lowest BCUT2D eigenvalue weighted by atomic mass is 9.92. The second-order valence-corrected chi connectivity index (χ2v) is 3.88. The van der Waals surface area contributed by atoms with Gasteiger partial charge in [0.2, 0.25) is 5.91 Å². The van der Waals surface area contributed by atoms with Crippen LogP contribution >= 0.6 is 0 Å². The molecule has 1 fully saturated rings. The predicted octanol–water partition coefficient (Wildman–Crippen LogP) is -0.343. The largest absolute Gasteiger partial charge is 0.481 e. The highest BCUT2D eigenvalue weighted by molar-refractivity contribution is 5.73. The number of carboxylic acids is 1. The number of amides is 1. The van der Waals surface area contributed by atoms with E-state index in [1.165, 1.54) is 6.92 Å². The number of aliphatic carboxylic acids is 1. The van der Waals surface area contributed by atoms with E-state index < -0.39 is 5.97 Å². The Labute approximate surface area is 82.9 Å². The molecule has 0 saturated carbocycles. The Kier molecular flexibility index (Phi) is 3.46. The minimum absolute atomic E-state index is 0.000139. The standard InChI is InChI=1S/C9H16N2O3/c1-6(12)11-4-7(3-9(13)14)2-8(10)5-11/h7-8H,2-5,10H2,1H3,(H,13,14). The van der Waals surface area contributed by atoms with Crippen LogP contribution in [0.4, 0.5) is 0 Å². The molecule has 80 valence electrons. The maximum absolute atomic E-state index is 11.1. The monoisotopic (exact) mass is 200 g/mol. The summed E-state index contributed by atoms with van der Waals surface area (Å²) in [6, 6.07) is -0.0861. The molecule has 1 aliphatic heterocycles. The molecule has 5 heteroatoms. The molecular formula is C9H16N2O3. The minimum Gasteiger partial charge on any atom is -0.481 e. The van der Waals surface area contributed by atoms with Crippen molar-refractivity contribution < 1.29 is 14.7 Å². The Hall–Kier alpha value is -1.10. The number of carbonyl (C=O) groups excluding carboxylic acids is 1. The molecule has 1 saturated heterocycles. The normalized spacial score (nSPS) is 27.4. The van der Waals surface area contributed by atoms with Crippen LogP contribution in [0.25, 0.3) is 0 Å². The summed E-state index contributed by atoms with van der Waals surface area (Å²) in [6.45, 7) is 2.55. The average Bonchev–Trinajstić information content (AvgIpc) is 2.01. The maximum atomic E-state index is 11.1. The van der Waals surface area contributed by atoms with Crippen LogP contribution in [0.1, 0.15) is 19.8 Å². The number of carbonyl (C=O) groups is 2. The van der Waals surface area contributed by atoms with E-state index >= 15 is 0 Å². The van der Waals surface area contributed by atoms with Gasteiger partial charge in [-0.25, -0.2) is 0 Å². The Bertz CT molecular complexity index is 242. The van der Waals surface area contributed by atoms with Crippen molar-refractivity contribution in [3.8, 4) is 0 Å². The van der Waals surface area contributed by atoms with Gasteiger partial charge in [0.05, 0.1) is 0 Å². The first-order chi connectivity index (χ1) is 6.49. The average molecular weight is 200 g/mol. The molecule has 14 heavy (non-hydrogen) atoms. The topological polar surface area (TPSA) is 83.6 Å². The van der Waals surface area contributed by atoms with Crippen LogP contribution in [0, 0.1) is 5.92 Å². The lowest BCUT2D eigenvalue weighted by molar-refractivity contribution is -0.140. The summed E-state index contributed by atoms with van der Waals surface area (Å²) in [4.78, 5) is 23.2. The van der Waals surface area contributed by atoms with Crippen LogP contribution in [-0.4, -0.2) is 41.0 Å². The zero-order chi connectivity index (χ0) is 10.7. The Morgan fingerprint density at radius 1 is 1.50 bits per heavy atom. The summed E-state index contributed by atoms with van der Waals surface area (Å²) in [5.74, 6) is -0.858. The van der Waals surface area contributed by atoms with Crippen molar-refractivity contribution in [1.82, 2.24) is 4.90 Å². The van der Waals surface area contributed by atoms with Crippen LogP contribution in [-0.2, 0) is 9.59 Å². The van der Waals surface area contributed by atoms with Gasteiger partial charge >= 0.3 is 5.97 Å². The third kappa shape index (κ3) is 2.99. The molecule has 0 radical (unpaired) electrons. The Balaban J connectivity index is 2.53. The van der Waals surface area contributed by atoms with Crippen molar-refractivity contribution in [2.45, 2.75) is 25.8 Å². The van der Waals surface area contributed by atoms with Crippen LogP contribution in [0.5, 0.6) is 0 Å². The maximum Gasteiger partial charge on any atom is 0.303 e. The molecule has 0 spiro atoms. The van der Waals surface area contributed by atoms with Crippen LogP contribution in [0.15, 0.2) is 0 Å². The molecule has 1 rings (SSSR count). The second kappa shape index (κ2) is 4.41. The van der Waals surface area contributed by atoms with E-state index in [1.807, 2.05) is 0 Å². The molecule has 2 unspecified atom stereocenters. The van der Waals surface area contributed by atoms with Gasteiger partial charge in [-0.05, 0) is 12.3 Å². The summed E-state index contributed by atoms with van der Waals surface area (Å²) in [5.41, 5.74) is 5.74. The molecule has 0 aromatic heterocycles. The molecule has 0 bridgehead atoms. The lowest BCUT2D eigenvalue weighted by Crippen LogP contribution is -2.49. The van der Waals surface area contributed by atoms with Gasteiger partial charge in [0.25, 0.3) is 0 Å². The highest BCUT2D eigenvalue weighted by Gasteiger charge is 2.27. The van der Waals surface area contributed by atoms with Crippen LogP contribution in [0.3, 0.4) is 0 Å². The summed E-state index contributed by atoms with van der Waals surface area (Å²) < 4.78 is 0. The predicted molar refractivity (Wildman–Crippen MR) is 50.6 cm³/mol. The third-order valence-corrected chi connectivity index (χ3v) is 2.48. The van der Waals surface area contributed by atoms with E-state index in [0.717, 1.165) is 0 Å². The highest BCUT2D eigenvalue weighted by atomic mass is 16.4. The van der Waals surface area contributed by atoms with E-state index in [-0.39, 0.29) is 24.3 Å². The zero-order valence-corrected chi connectivity index (χ0v) is 8.27. The van der Waals surface area contributed by atoms with E-state index in [2.05, 4.69) is 0 Å². The van der Waals surface area contributed by atoms with Crippen LogP contribution < -0.4 is 5.73 Å². The highest BCUT2D eigenvalue weighted by Crippen LogP contribution is 2.18. The summed E-state index contributed by atoms with van der Waals surface area (Å²) in [6.07, 6.45) is 0.785. The van der Waals surface area contributed by atoms with Gasteiger partial charge in [-0.2, -0.15) is 0 Å². The van der Waals surface area contributed by atoms with Gasteiger partial charge in [-0.15, -0.1) is 0 Å². The first-order valence-corrected chi connectivity index (χ1v) is 4.72. The SMILES string of the molecule is CC(=O)N1CC(N)CC(CC(=O)O)C1. The number of carboxylic acid groups (broad SMARTS) is 1. The third-order valence-electron chi connectivity index (χ3n) is 2.48. The van der Waals surface area contributed by atoms with Gasteiger partial charge in [0, 0.05) is 32.5 Å². The zero-order valence-electron chi connectivity index (χ0n) is 8.27. The summed E-state index contributed by atoms with van der Waals surface area (Å²) in [7, 11) is 0. The first-order valence-electron chi connectivity index (χ1n) is 4.72. The molecule has 0 aromatic rings. The Morgan fingerprint density at radius 2 is 2.14 bits per heavy atom. The number of nitrogens with zero attached hydrogens (tertiary/aromatic N) is 1. The molecular weight excluding hydrogens is 184 g/mol. The quantitative estimate of drug-likeness (QED) is 0.638. The first kappa shape index (κ1) is 11.0. The molecule has 1 amide bonds. The second-order valence-electron chi connectivity index (χ2n) is 3.88. The van der Waals surface area contributed by atoms with Gasteiger partial charge in [-0.1, -0.05) is 0 Å². The van der Waals surface area contributed by atoms with E-state index in [1.54, 1.807) is 4.90 Å². The Morgan fingerprint density at radius 3 is 2.64 bits per heavy atom. The minimum atomic E-state index is -0.826. The number of hydrogen-bond acceptors (Lipinski definition) is 3. The number of nitrogens with two attached hydrogens (primary N) is 1. The smallest absolute Gasteiger partial charge is 0.303 e. The molecule has 0 aromatic carbocycles. The van der Waals surface area contributed by atoms with Gasteiger partial charge in [0.1, 0.15) is 0 Å². The van der Waals surface area contributed by atoms with Crippen molar-refractivity contribution in [3.05, 3.63) is 0 Å². The molecule has 0 aliphatic carbocycles. The number of likely N-dealkylation sites (tertiary alicyclic amines) is 1. The number of rotatable bonds is 2. The van der Waals surface area contributed by atoms with Crippen molar-refractivity contribution in [2.75, 3.05) is 13.1 Å². The van der Waals surface area contributed by atoms with Crippen molar-refractivity contribution >= 4 is 11.9 Å². The number of piperidine rings is 1. The molecule has 2 atom stereocenters. The summed E-state index contributed by atoms with van der Waals surface area (Å²) in [5, 5.41) is 8.63. The summed E-state index contributed by atoms with van der Waals surface area (Å²) >= 11 is 0. The lowest BCUT2D eigenvalue weighted by Gasteiger charge is -2.35. The van der Waals surface area contributed by atoms with Crippen molar-refractivity contribution in [1.29, 1.82) is 0 Å². The van der Waals surface area contributed by atoms with Gasteiger partial charge in [0.15, 0.2) is 0 Å². The van der Waals surface area contributed by atoms with Gasteiger partial charge in [-0.3, -0.25) is 9.59 Å². The van der Waals surface area contributed by atoms with E-state index in [0.29, 0.717) is 19.5 Å².